The maximum absolute atomic E-state index is 11.8. The van der Waals surface area contributed by atoms with Gasteiger partial charge >= 0.3 is 6.03 Å². The quantitative estimate of drug-likeness (QED) is 0.775. The summed E-state index contributed by atoms with van der Waals surface area (Å²) in [6.45, 7) is 2.75. The predicted molar refractivity (Wildman–Crippen MR) is 94.7 cm³/mol. The average Bonchev–Trinajstić information content (AvgIpc) is 2.90. The lowest BCUT2D eigenvalue weighted by molar-refractivity contribution is 0.100. The number of carbonyl (C=O) groups excluding carboxylic acids is 2. The number of amides is 3. The molecule has 0 saturated heterocycles. The van der Waals surface area contributed by atoms with Crippen LogP contribution in [0.2, 0.25) is 0 Å². The topological polar surface area (TPSA) is 107 Å². The highest BCUT2D eigenvalue weighted by atomic mass is 32.1. The Hall–Kier alpha value is -2.54. The standard InChI is InChI=1S/C17H19N3O3S/c1-2-7-23-10-4-6-11-9(8-10)3-5-12-13(15(18)21)16(20-17(19)22)24-14(11)12/h4,6,8H,2-3,5,7H2,1H3,(H2,18,21)(H3,19,20,22). The Morgan fingerprint density at radius 3 is 2.75 bits per heavy atom. The molecular formula is C17H19N3O3S. The number of urea groups is 1. The summed E-state index contributed by atoms with van der Waals surface area (Å²) >= 11 is 1.33. The average molecular weight is 345 g/mol. The molecule has 6 nitrogen and oxygen atoms in total. The predicted octanol–water partition coefficient (Wildman–Crippen LogP) is 2.89. The van der Waals surface area contributed by atoms with Crippen molar-refractivity contribution in [3.05, 3.63) is 34.9 Å². The highest BCUT2D eigenvalue weighted by molar-refractivity contribution is 7.20. The van der Waals surface area contributed by atoms with Gasteiger partial charge in [0.15, 0.2) is 0 Å². The number of fused-ring (bicyclic) bond motifs is 3. The number of ether oxygens (including phenoxy) is 1. The molecule has 3 amide bonds. The molecule has 5 N–H and O–H groups in total. The molecule has 0 saturated carbocycles. The number of thiophene rings is 1. The molecule has 0 unspecified atom stereocenters. The second kappa shape index (κ2) is 6.52. The monoisotopic (exact) mass is 345 g/mol. The molecule has 0 aliphatic heterocycles. The van der Waals surface area contributed by atoms with Crippen molar-refractivity contribution in [1.82, 2.24) is 0 Å². The van der Waals surface area contributed by atoms with E-state index in [0.717, 1.165) is 34.6 Å². The molecule has 1 aliphatic carbocycles. The molecule has 1 aliphatic rings. The maximum atomic E-state index is 11.8. The summed E-state index contributed by atoms with van der Waals surface area (Å²) in [4.78, 5) is 24.0. The van der Waals surface area contributed by atoms with Crippen molar-refractivity contribution in [3.63, 3.8) is 0 Å². The first-order valence-corrected chi connectivity index (χ1v) is 8.61. The van der Waals surface area contributed by atoms with Crippen LogP contribution in [-0.2, 0) is 12.8 Å². The van der Waals surface area contributed by atoms with Crippen molar-refractivity contribution >= 4 is 28.3 Å². The van der Waals surface area contributed by atoms with Gasteiger partial charge in [0.25, 0.3) is 5.91 Å². The zero-order valence-corrected chi connectivity index (χ0v) is 14.2. The van der Waals surface area contributed by atoms with Crippen LogP contribution in [0.4, 0.5) is 9.80 Å². The number of aryl methyl sites for hydroxylation is 1. The molecule has 24 heavy (non-hydrogen) atoms. The molecule has 1 heterocycles. The van der Waals surface area contributed by atoms with Gasteiger partial charge in [-0.15, -0.1) is 11.3 Å². The minimum atomic E-state index is -0.709. The number of benzene rings is 1. The lowest BCUT2D eigenvalue weighted by atomic mass is 9.89. The fourth-order valence-electron chi connectivity index (χ4n) is 2.95. The Bertz CT molecular complexity index is 814. The fraction of sp³-hybridized carbons (Fsp3) is 0.294. The second-order valence-electron chi connectivity index (χ2n) is 5.63. The third kappa shape index (κ3) is 2.94. The van der Waals surface area contributed by atoms with Crippen molar-refractivity contribution in [2.24, 2.45) is 11.5 Å². The van der Waals surface area contributed by atoms with E-state index in [4.69, 9.17) is 16.2 Å². The fourth-order valence-corrected chi connectivity index (χ4v) is 4.27. The van der Waals surface area contributed by atoms with E-state index in [2.05, 4.69) is 12.2 Å². The molecule has 0 spiro atoms. The number of hydrogen-bond donors (Lipinski definition) is 3. The Kier molecular flexibility index (Phi) is 4.44. The third-order valence-electron chi connectivity index (χ3n) is 3.93. The highest BCUT2D eigenvalue weighted by Crippen LogP contribution is 2.45. The molecule has 0 radical (unpaired) electrons. The first kappa shape index (κ1) is 16.3. The van der Waals surface area contributed by atoms with E-state index in [-0.39, 0.29) is 0 Å². The van der Waals surface area contributed by atoms with Gasteiger partial charge in [-0.1, -0.05) is 6.92 Å². The SMILES string of the molecule is CCCOc1ccc2c(c1)CCc1c-2sc(NC(N)=O)c1C(N)=O. The molecule has 1 aromatic carbocycles. The summed E-state index contributed by atoms with van der Waals surface area (Å²) in [7, 11) is 0. The van der Waals surface area contributed by atoms with E-state index in [9.17, 15) is 9.59 Å². The van der Waals surface area contributed by atoms with Gasteiger partial charge < -0.3 is 16.2 Å². The molecule has 126 valence electrons. The van der Waals surface area contributed by atoms with Crippen LogP contribution < -0.4 is 21.5 Å². The molecule has 2 aromatic rings. The van der Waals surface area contributed by atoms with Crippen molar-refractivity contribution in [1.29, 1.82) is 0 Å². The van der Waals surface area contributed by atoms with Crippen LogP contribution in [0, 0.1) is 0 Å². The van der Waals surface area contributed by atoms with Gasteiger partial charge in [-0.3, -0.25) is 10.1 Å². The van der Waals surface area contributed by atoms with Crippen LogP contribution >= 0.6 is 11.3 Å². The van der Waals surface area contributed by atoms with Gasteiger partial charge in [0.05, 0.1) is 12.2 Å². The lowest BCUT2D eigenvalue weighted by Gasteiger charge is -2.18. The molecule has 0 fully saturated rings. The van der Waals surface area contributed by atoms with Gasteiger partial charge in [-0.05, 0) is 54.2 Å². The molecule has 0 atom stereocenters. The molecule has 0 bridgehead atoms. The third-order valence-corrected chi connectivity index (χ3v) is 5.11. The maximum Gasteiger partial charge on any atom is 0.317 e. The van der Waals surface area contributed by atoms with Crippen LogP contribution in [0.3, 0.4) is 0 Å². The van der Waals surface area contributed by atoms with Crippen molar-refractivity contribution < 1.29 is 14.3 Å². The lowest BCUT2D eigenvalue weighted by Crippen LogP contribution is -2.22. The number of hydrogen-bond acceptors (Lipinski definition) is 4. The van der Waals surface area contributed by atoms with Gasteiger partial charge in [-0.25, -0.2) is 4.79 Å². The Labute approximate surface area is 143 Å². The summed E-state index contributed by atoms with van der Waals surface area (Å²) in [6, 6.07) is 5.25. The van der Waals surface area contributed by atoms with Gasteiger partial charge in [-0.2, -0.15) is 0 Å². The first-order chi connectivity index (χ1) is 11.5. The molecular weight excluding hydrogens is 326 g/mol. The molecule has 1 aromatic heterocycles. The van der Waals surface area contributed by atoms with Crippen molar-refractivity contribution in [3.8, 4) is 16.2 Å². The molecule has 7 heteroatoms. The summed E-state index contributed by atoms with van der Waals surface area (Å²) in [5.74, 6) is 0.295. The summed E-state index contributed by atoms with van der Waals surface area (Å²) < 4.78 is 5.68. The van der Waals surface area contributed by atoms with Gasteiger partial charge in [0, 0.05) is 4.88 Å². The van der Waals surface area contributed by atoms with E-state index in [1.807, 2.05) is 18.2 Å². The van der Waals surface area contributed by atoms with Gasteiger partial charge in [0.1, 0.15) is 10.8 Å². The van der Waals surface area contributed by atoms with E-state index >= 15 is 0 Å². The number of primary amides is 2. The van der Waals surface area contributed by atoms with E-state index in [1.54, 1.807) is 0 Å². The number of anilines is 1. The van der Waals surface area contributed by atoms with Crippen molar-refractivity contribution in [2.75, 3.05) is 11.9 Å². The Balaban J connectivity index is 2.05. The number of carbonyl (C=O) groups is 2. The van der Waals surface area contributed by atoms with E-state index < -0.39 is 11.9 Å². The van der Waals surface area contributed by atoms with Crippen LogP contribution in [0.15, 0.2) is 18.2 Å². The zero-order valence-electron chi connectivity index (χ0n) is 13.3. The first-order valence-electron chi connectivity index (χ1n) is 7.79. The van der Waals surface area contributed by atoms with E-state index in [1.165, 1.54) is 16.9 Å². The Morgan fingerprint density at radius 1 is 1.29 bits per heavy atom. The van der Waals surface area contributed by atoms with Crippen LogP contribution in [0.5, 0.6) is 5.75 Å². The number of nitrogens with one attached hydrogen (secondary N) is 1. The minimum absolute atomic E-state index is 0.366. The normalized spacial score (nSPS) is 12.2. The summed E-state index contributed by atoms with van der Waals surface area (Å²) in [5.41, 5.74) is 14.2. The summed E-state index contributed by atoms with van der Waals surface area (Å²) in [5, 5.41) is 2.93. The largest absolute Gasteiger partial charge is 0.494 e. The van der Waals surface area contributed by atoms with Crippen LogP contribution in [0.25, 0.3) is 10.4 Å². The highest BCUT2D eigenvalue weighted by Gasteiger charge is 2.27. The van der Waals surface area contributed by atoms with Crippen LogP contribution in [0.1, 0.15) is 34.8 Å². The minimum Gasteiger partial charge on any atom is -0.494 e. The number of nitrogens with two attached hydrogens (primary N) is 2. The molecule has 3 rings (SSSR count). The van der Waals surface area contributed by atoms with E-state index in [0.29, 0.717) is 23.6 Å². The van der Waals surface area contributed by atoms with Gasteiger partial charge in [0.2, 0.25) is 0 Å². The number of rotatable bonds is 5. The smallest absolute Gasteiger partial charge is 0.317 e. The Morgan fingerprint density at radius 2 is 2.08 bits per heavy atom. The van der Waals surface area contributed by atoms with Crippen molar-refractivity contribution in [2.45, 2.75) is 26.2 Å². The summed E-state index contributed by atoms with van der Waals surface area (Å²) in [6.07, 6.45) is 2.43. The second-order valence-corrected chi connectivity index (χ2v) is 6.66. The zero-order chi connectivity index (χ0) is 17.3. The van der Waals surface area contributed by atoms with Crippen LogP contribution in [-0.4, -0.2) is 18.5 Å².